The third-order valence-corrected chi connectivity index (χ3v) is 8.59. The fourth-order valence-electron chi connectivity index (χ4n) is 6.51. The van der Waals surface area contributed by atoms with E-state index in [0.717, 1.165) is 57.7 Å². The minimum Gasteiger partial charge on any atom is -0.458 e. The van der Waals surface area contributed by atoms with Crippen molar-refractivity contribution in [3.05, 3.63) is 47.5 Å². The minimum atomic E-state index is -0.787. The molecule has 4 rings (SSSR count). The molecule has 1 saturated carbocycles. The molecule has 1 saturated heterocycles. The largest absolute Gasteiger partial charge is 0.458 e. The fourth-order valence-corrected chi connectivity index (χ4v) is 6.51. The number of aliphatic hydroxyl groups is 1. The van der Waals surface area contributed by atoms with Gasteiger partial charge in [-0.15, -0.1) is 0 Å². The number of piperazine rings is 1. The van der Waals surface area contributed by atoms with Crippen LogP contribution in [-0.4, -0.2) is 65.3 Å². The van der Waals surface area contributed by atoms with Gasteiger partial charge in [-0.1, -0.05) is 50.3 Å². The Hall–Kier alpha value is -1.69. The molecule has 0 amide bonds. The number of carbonyl (C=O) groups excluding carboxylic acids is 1. The van der Waals surface area contributed by atoms with Crippen molar-refractivity contribution in [3.63, 3.8) is 0 Å². The molecule has 2 aliphatic carbocycles. The normalized spacial score (nSPS) is 34.3. The van der Waals surface area contributed by atoms with Crippen molar-refractivity contribution in [1.29, 1.82) is 0 Å². The van der Waals surface area contributed by atoms with Gasteiger partial charge in [0, 0.05) is 58.5 Å². The molecular formula is C28H42N2O3. The molecule has 0 bridgehead atoms. The number of fused-ring (bicyclic) bond motifs is 1. The summed E-state index contributed by atoms with van der Waals surface area (Å²) in [5, 5.41) is 11.8. The molecule has 3 aliphatic rings. The molecule has 0 spiro atoms. The van der Waals surface area contributed by atoms with Crippen molar-refractivity contribution in [2.75, 3.05) is 32.7 Å². The first-order chi connectivity index (χ1) is 15.8. The number of ether oxygens (including phenoxy) is 1. The van der Waals surface area contributed by atoms with Crippen LogP contribution in [0.3, 0.4) is 0 Å². The molecule has 5 heteroatoms. The minimum absolute atomic E-state index is 0.141. The Labute approximate surface area is 199 Å². The van der Waals surface area contributed by atoms with Crippen molar-refractivity contribution in [2.45, 2.75) is 65.2 Å². The van der Waals surface area contributed by atoms with Gasteiger partial charge in [-0.2, -0.15) is 0 Å². The summed E-state index contributed by atoms with van der Waals surface area (Å²) in [4.78, 5) is 16.8. The van der Waals surface area contributed by atoms with Crippen molar-refractivity contribution >= 4 is 5.97 Å². The zero-order valence-corrected chi connectivity index (χ0v) is 20.9. The average Bonchev–Trinajstić information content (AvgIpc) is 2.78. The van der Waals surface area contributed by atoms with Gasteiger partial charge in [-0.05, 0) is 48.7 Å². The molecule has 0 aromatic heterocycles. The number of hydrogen-bond acceptors (Lipinski definition) is 5. The predicted octanol–water partition coefficient (Wildman–Crippen LogP) is 4.12. The van der Waals surface area contributed by atoms with E-state index in [1.807, 2.05) is 0 Å². The maximum absolute atomic E-state index is 11.8. The van der Waals surface area contributed by atoms with Crippen LogP contribution >= 0.6 is 0 Å². The summed E-state index contributed by atoms with van der Waals surface area (Å²) in [5.74, 6) is 1.07. The zero-order chi connectivity index (χ0) is 23.6. The van der Waals surface area contributed by atoms with Crippen LogP contribution in [0, 0.1) is 23.7 Å². The summed E-state index contributed by atoms with van der Waals surface area (Å²) in [6.07, 6.45) is 4.67. The van der Waals surface area contributed by atoms with E-state index in [-0.39, 0.29) is 23.9 Å². The highest BCUT2D eigenvalue weighted by atomic mass is 16.5. The summed E-state index contributed by atoms with van der Waals surface area (Å²) in [6.45, 7) is 14.6. The topological polar surface area (TPSA) is 53.0 Å². The smallest absolute Gasteiger partial charge is 0.303 e. The molecule has 182 valence electrons. The van der Waals surface area contributed by atoms with Crippen LogP contribution in [-0.2, 0) is 16.1 Å². The number of benzene rings is 1. The van der Waals surface area contributed by atoms with Crippen LogP contribution < -0.4 is 0 Å². The molecule has 33 heavy (non-hydrogen) atoms. The monoisotopic (exact) mass is 454 g/mol. The first kappa shape index (κ1) is 24.4. The van der Waals surface area contributed by atoms with Gasteiger partial charge in [-0.3, -0.25) is 9.69 Å². The van der Waals surface area contributed by atoms with Gasteiger partial charge in [0.2, 0.25) is 0 Å². The van der Waals surface area contributed by atoms with E-state index in [1.165, 1.54) is 12.5 Å². The lowest BCUT2D eigenvalue weighted by Gasteiger charge is -2.53. The van der Waals surface area contributed by atoms with E-state index in [9.17, 15) is 9.90 Å². The third kappa shape index (κ3) is 5.52. The second-order valence-electron chi connectivity index (χ2n) is 10.9. The first-order valence-corrected chi connectivity index (χ1v) is 12.8. The molecule has 1 aromatic rings. The van der Waals surface area contributed by atoms with Gasteiger partial charge in [0.1, 0.15) is 6.10 Å². The Morgan fingerprint density at radius 3 is 2.48 bits per heavy atom. The average molecular weight is 455 g/mol. The highest BCUT2D eigenvalue weighted by molar-refractivity contribution is 5.66. The molecule has 1 aromatic carbocycles. The Bertz CT molecular complexity index is 833. The van der Waals surface area contributed by atoms with Crippen LogP contribution in [0.15, 0.2) is 42.0 Å². The molecule has 2 fully saturated rings. The van der Waals surface area contributed by atoms with Gasteiger partial charge in [-0.25, -0.2) is 0 Å². The van der Waals surface area contributed by atoms with E-state index >= 15 is 0 Å². The SMILES string of the molecule is CC(=O)O[C@@H]1C[C@@]2(O)[C@H](C)CC[C@@H]([C@H](C)CN3CCN(Cc4ccccc4)CC3)[C@H]2C=C1C. The summed E-state index contributed by atoms with van der Waals surface area (Å²) < 4.78 is 5.56. The molecule has 0 radical (unpaired) electrons. The van der Waals surface area contributed by atoms with Gasteiger partial charge in [0.15, 0.2) is 0 Å². The first-order valence-electron chi connectivity index (χ1n) is 12.8. The highest BCUT2D eigenvalue weighted by Gasteiger charge is 2.52. The maximum atomic E-state index is 11.8. The van der Waals surface area contributed by atoms with Crippen molar-refractivity contribution in [1.82, 2.24) is 9.80 Å². The molecule has 1 aliphatic heterocycles. The summed E-state index contributed by atoms with van der Waals surface area (Å²) in [7, 11) is 0. The molecule has 1 heterocycles. The molecular weight excluding hydrogens is 412 g/mol. The Balaban J connectivity index is 1.37. The van der Waals surface area contributed by atoms with Crippen LogP contribution in [0.4, 0.5) is 0 Å². The number of hydrogen-bond donors (Lipinski definition) is 1. The maximum Gasteiger partial charge on any atom is 0.303 e. The number of nitrogens with zero attached hydrogens (tertiary/aromatic N) is 2. The summed E-state index contributed by atoms with van der Waals surface area (Å²) >= 11 is 0. The van der Waals surface area contributed by atoms with Crippen molar-refractivity contribution in [3.8, 4) is 0 Å². The van der Waals surface area contributed by atoms with E-state index in [0.29, 0.717) is 18.3 Å². The number of esters is 1. The van der Waals surface area contributed by atoms with Crippen LogP contribution in [0.25, 0.3) is 0 Å². The summed E-state index contributed by atoms with van der Waals surface area (Å²) in [6, 6.07) is 10.7. The standard InChI is InChI=1S/C28H42N2O3/c1-20-16-26-25(11-10-22(3)28(26,32)17-27(20)33-23(4)31)21(2)18-29-12-14-30(15-13-29)19-24-8-6-5-7-9-24/h5-9,16,21-22,25-27,32H,10-15,17-19H2,1-4H3/t21-,22-,25+,26-,27-,28-/m1/s1. The Morgan fingerprint density at radius 2 is 1.82 bits per heavy atom. The third-order valence-electron chi connectivity index (χ3n) is 8.59. The number of carbonyl (C=O) groups is 1. The van der Waals surface area contributed by atoms with Gasteiger partial charge in [0.25, 0.3) is 0 Å². The van der Waals surface area contributed by atoms with E-state index in [1.54, 1.807) is 0 Å². The quantitative estimate of drug-likeness (QED) is 0.518. The zero-order valence-electron chi connectivity index (χ0n) is 20.9. The highest BCUT2D eigenvalue weighted by Crippen LogP contribution is 2.51. The van der Waals surface area contributed by atoms with Crippen LogP contribution in [0.2, 0.25) is 0 Å². The van der Waals surface area contributed by atoms with Crippen molar-refractivity contribution in [2.24, 2.45) is 23.7 Å². The second-order valence-corrected chi connectivity index (χ2v) is 10.9. The van der Waals surface area contributed by atoms with E-state index in [4.69, 9.17) is 4.74 Å². The van der Waals surface area contributed by atoms with Gasteiger partial charge >= 0.3 is 5.97 Å². The summed E-state index contributed by atoms with van der Waals surface area (Å²) in [5.41, 5.74) is 1.70. The van der Waals surface area contributed by atoms with E-state index in [2.05, 4.69) is 67.0 Å². The lowest BCUT2D eigenvalue weighted by atomic mass is 9.57. The lowest BCUT2D eigenvalue weighted by Crippen LogP contribution is -2.56. The number of rotatable bonds is 6. The molecule has 5 nitrogen and oxygen atoms in total. The van der Waals surface area contributed by atoms with Crippen LogP contribution in [0.5, 0.6) is 0 Å². The van der Waals surface area contributed by atoms with Gasteiger partial charge < -0.3 is 14.7 Å². The molecule has 6 atom stereocenters. The molecule has 1 N–H and O–H groups in total. The Morgan fingerprint density at radius 1 is 1.15 bits per heavy atom. The van der Waals surface area contributed by atoms with Gasteiger partial charge in [0.05, 0.1) is 5.60 Å². The second kappa shape index (κ2) is 10.3. The van der Waals surface area contributed by atoms with E-state index < -0.39 is 5.60 Å². The Kier molecular flexibility index (Phi) is 7.62. The predicted molar refractivity (Wildman–Crippen MR) is 132 cm³/mol. The van der Waals surface area contributed by atoms with Crippen molar-refractivity contribution < 1.29 is 14.6 Å². The lowest BCUT2D eigenvalue weighted by molar-refractivity contribution is -0.159. The van der Waals surface area contributed by atoms with Crippen LogP contribution in [0.1, 0.15) is 52.5 Å². The molecule has 0 unspecified atom stereocenters. The fraction of sp³-hybridized carbons (Fsp3) is 0.679.